The quantitative estimate of drug-likeness (QED) is 0.462. The van der Waals surface area contributed by atoms with Crippen LogP contribution in [0, 0.1) is 13.8 Å². The largest absolute Gasteiger partial charge is 0.331 e. The number of amides is 1. The zero-order valence-corrected chi connectivity index (χ0v) is 16.4. The topological polar surface area (TPSA) is 71.0 Å². The van der Waals surface area contributed by atoms with Crippen LogP contribution in [0.2, 0.25) is 5.02 Å². The van der Waals surface area contributed by atoms with Crippen molar-refractivity contribution in [2.75, 3.05) is 5.32 Å². The lowest BCUT2D eigenvalue weighted by Crippen LogP contribution is -2.44. The highest BCUT2D eigenvalue weighted by Gasteiger charge is 2.19. The second-order valence-electron chi connectivity index (χ2n) is 5.84. The molecule has 0 unspecified atom stereocenters. The van der Waals surface area contributed by atoms with Gasteiger partial charge in [0.15, 0.2) is 5.11 Å². The molecular formula is C19H18ClN5OS. The van der Waals surface area contributed by atoms with Crippen molar-refractivity contribution in [3.8, 4) is 5.69 Å². The van der Waals surface area contributed by atoms with Crippen molar-refractivity contribution in [2.45, 2.75) is 13.8 Å². The third-order valence-corrected chi connectivity index (χ3v) is 4.33. The molecule has 0 saturated carbocycles. The Morgan fingerprint density at radius 3 is 2.52 bits per heavy atom. The fourth-order valence-corrected chi connectivity index (χ4v) is 3.06. The summed E-state index contributed by atoms with van der Waals surface area (Å²) in [5, 5.41) is 8.26. The van der Waals surface area contributed by atoms with Crippen LogP contribution in [0.15, 0.2) is 54.6 Å². The van der Waals surface area contributed by atoms with Crippen LogP contribution in [0.25, 0.3) is 5.69 Å². The molecule has 0 radical (unpaired) electrons. The summed E-state index contributed by atoms with van der Waals surface area (Å²) in [6.07, 6.45) is 0. The summed E-state index contributed by atoms with van der Waals surface area (Å²) in [4.78, 5) is 12.6. The van der Waals surface area contributed by atoms with E-state index in [0.29, 0.717) is 16.3 Å². The van der Waals surface area contributed by atoms with Crippen LogP contribution in [0.4, 0.5) is 5.69 Å². The smallest absolute Gasteiger partial charge is 0.273 e. The Kier molecular flexibility index (Phi) is 5.73. The number of carbonyl (C=O) groups excluding carboxylic acids is 1. The third-order valence-electron chi connectivity index (χ3n) is 3.89. The number of anilines is 1. The Bertz CT molecular complexity index is 987. The molecule has 6 nitrogen and oxygen atoms in total. The van der Waals surface area contributed by atoms with Crippen LogP contribution >= 0.6 is 23.8 Å². The van der Waals surface area contributed by atoms with E-state index in [0.717, 1.165) is 17.1 Å². The van der Waals surface area contributed by atoms with Crippen molar-refractivity contribution < 1.29 is 4.79 Å². The van der Waals surface area contributed by atoms with Crippen LogP contribution < -0.4 is 16.2 Å². The zero-order valence-electron chi connectivity index (χ0n) is 14.8. The van der Waals surface area contributed by atoms with E-state index in [2.05, 4.69) is 21.3 Å². The molecule has 3 aromatic rings. The van der Waals surface area contributed by atoms with Gasteiger partial charge in [-0.1, -0.05) is 35.9 Å². The molecule has 27 heavy (non-hydrogen) atoms. The molecule has 1 aromatic heterocycles. The first-order valence-corrected chi connectivity index (χ1v) is 8.99. The Balaban J connectivity index is 1.68. The van der Waals surface area contributed by atoms with Gasteiger partial charge in [-0.2, -0.15) is 5.10 Å². The molecule has 0 spiro atoms. The van der Waals surface area contributed by atoms with Crippen LogP contribution in [0.3, 0.4) is 0 Å². The minimum Gasteiger partial charge on any atom is -0.331 e. The molecule has 0 bridgehead atoms. The summed E-state index contributed by atoms with van der Waals surface area (Å²) >= 11 is 11.1. The molecule has 3 N–H and O–H groups in total. The van der Waals surface area contributed by atoms with Gasteiger partial charge in [0.05, 0.1) is 22.6 Å². The van der Waals surface area contributed by atoms with Gasteiger partial charge in [-0.15, -0.1) is 0 Å². The van der Waals surface area contributed by atoms with Gasteiger partial charge >= 0.3 is 0 Å². The normalized spacial score (nSPS) is 10.3. The SMILES string of the molecule is Cc1nn(-c2ccccc2)c(C)c1C(=O)NNC(=S)Nc1cccc(Cl)c1. The second kappa shape index (κ2) is 8.20. The Hall–Kier alpha value is -2.90. The van der Waals surface area contributed by atoms with Gasteiger partial charge in [0.1, 0.15) is 0 Å². The highest BCUT2D eigenvalue weighted by atomic mass is 35.5. The Labute approximate surface area is 167 Å². The van der Waals surface area contributed by atoms with Crippen molar-refractivity contribution in [1.29, 1.82) is 0 Å². The molecule has 138 valence electrons. The number of hydrogen-bond donors (Lipinski definition) is 3. The summed E-state index contributed by atoms with van der Waals surface area (Å²) < 4.78 is 1.74. The summed E-state index contributed by atoms with van der Waals surface area (Å²) in [6.45, 7) is 3.65. The molecule has 0 aliphatic rings. The molecule has 3 rings (SSSR count). The number of benzene rings is 2. The molecule has 0 aliphatic heterocycles. The van der Waals surface area contributed by atoms with E-state index >= 15 is 0 Å². The minimum atomic E-state index is -0.317. The van der Waals surface area contributed by atoms with E-state index in [1.165, 1.54) is 0 Å². The number of hydrogen-bond acceptors (Lipinski definition) is 3. The predicted molar refractivity (Wildman–Crippen MR) is 111 cm³/mol. The maximum absolute atomic E-state index is 12.6. The number of aromatic nitrogens is 2. The number of thiocarbonyl (C=S) groups is 1. The van der Waals surface area contributed by atoms with Crippen LogP contribution in [0.1, 0.15) is 21.7 Å². The van der Waals surface area contributed by atoms with Crippen LogP contribution in [-0.4, -0.2) is 20.8 Å². The van der Waals surface area contributed by atoms with Gasteiger partial charge < -0.3 is 5.32 Å². The number of halogens is 1. The lowest BCUT2D eigenvalue weighted by atomic mass is 10.2. The summed E-state index contributed by atoms with van der Waals surface area (Å²) in [5.41, 5.74) is 8.78. The lowest BCUT2D eigenvalue weighted by Gasteiger charge is -2.12. The molecule has 1 amide bonds. The second-order valence-corrected chi connectivity index (χ2v) is 6.68. The summed E-state index contributed by atoms with van der Waals surface area (Å²) in [5.74, 6) is -0.317. The number of carbonyl (C=O) groups is 1. The fraction of sp³-hybridized carbons (Fsp3) is 0.105. The highest BCUT2D eigenvalue weighted by molar-refractivity contribution is 7.80. The van der Waals surface area contributed by atoms with Gasteiger partial charge in [0.25, 0.3) is 5.91 Å². The maximum Gasteiger partial charge on any atom is 0.273 e. The molecule has 0 saturated heterocycles. The van der Waals surface area contributed by atoms with Crippen LogP contribution in [0.5, 0.6) is 0 Å². The highest BCUT2D eigenvalue weighted by Crippen LogP contribution is 2.18. The van der Waals surface area contributed by atoms with Gasteiger partial charge in [-0.3, -0.25) is 15.6 Å². The molecule has 8 heteroatoms. The Morgan fingerprint density at radius 1 is 1.07 bits per heavy atom. The van der Waals surface area contributed by atoms with Gasteiger partial charge in [-0.05, 0) is 56.4 Å². The predicted octanol–water partition coefficient (Wildman–Crippen LogP) is 3.77. The molecule has 0 atom stereocenters. The lowest BCUT2D eigenvalue weighted by molar-refractivity contribution is 0.0943. The number of nitrogens with zero attached hydrogens (tertiary/aromatic N) is 2. The standard InChI is InChI=1S/C19H18ClN5OS/c1-12-17(13(2)25(24-12)16-9-4-3-5-10-16)18(26)22-23-19(27)21-15-8-6-7-14(20)11-15/h3-11H,1-2H3,(H,22,26)(H2,21,23,27). The summed E-state index contributed by atoms with van der Waals surface area (Å²) in [7, 11) is 0. The van der Waals surface area contributed by atoms with Crippen molar-refractivity contribution in [1.82, 2.24) is 20.6 Å². The van der Waals surface area contributed by atoms with Crippen molar-refractivity contribution in [2.24, 2.45) is 0 Å². The van der Waals surface area contributed by atoms with Gasteiger partial charge in [0.2, 0.25) is 0 Å². The summed E-state index contributed by atoms with van der Waals surface area (Å²) in [6, 6.07) is 16.8. The van der Waals surface area contributed by atoms with E-state index in [9.17, 15) is 4.79 Å². The number of aryl methyl sites for hydroxylation is 1. The molecule has 0 fully saturated rings. The van der Waals surface area contributed by atoms with E-state index < -0.39 is 0 Å². The van der Waals surface area contributed by atoms with E-state index in [-0.39, 0.29) is 11.0 Å². The zero-order chi connectivity index (χ0) is 19.4. The van der Waals surface area contributed by atoms with E-state index in [1.54, 1.807) is 29.8 Å². The number of nitrogens with one attached hydrogen (secondary N) is 3. The molecule has 0 aliphatic carbocycles. The first-order valence-electron chi connectivity index (χ1n) is 8.20. The van der Waals surface area contributed by atoms with Gasteiger partial charge in [-0.25, -0.2) is 4.68 Å². The van der Waals surface area contributed by atoms with E-state index in [1.807, 2.05) is 43.3 Å². The fourth-order valence-electron chi connectivity index (χ4n) is 2.70. The van der Waals surface area contributed by atoms with Crippen LogP contribution in [-0.2, 0) is 0 Å². The maximum atomic E-state index is 12.6. The average Bonchev–Trinajstić information content (AvgIpc) is 2.95. The van der Waals surface area contributed by atoms with Crippen molar-refractivity contribution >= 4 is 40.5 Å². The first kappa shape index (κ1) is 18.9. The third kappa shape index (κ3) is 4.45. The monoisotopic (exact) mass is 399 g/mol. The molecular weight excluding hydrogens is 382 g/mol. The Morgan fingerprint density at radius 2 is 1.81 bits per heavy atom. The van der Waals surface area contributed by atoms with Gasteiger partial charge in [0, 0.05) is 10.7 Å². The number of hydrazine groups is 1. The minimum absolute atomic E-state index is 0.247. The average molecular weight is 400 g/mol. The molecule has 1 heterocycles. The number of rotatable bonds is 3. The van der Waals surface area contributed by atoms with E-state index in [4.69, 9.17) is 23.8 Å². The first-order chi connectivity index (χ1) is 13.0. The van der Waals surface area contributed by atoms with Crippen molar-refractivity contribution in [3.05, 3.63) is 76.6 Å². The molecule has 2 aromatic carbocycles. The van der Waals surface area contributed by atoms with Crippen molar-refractivity contribution in [3.63, 3.8) is 0 Å². The number of para-hydroxylation sites is 1.